The highest BCUT2D eigenvalue weighted by molar-refractivity contribution is 6.01. The summed E-state index contributed by atoms with van der Waals surface area (Å²) in [6.07, 6.45) is -0.00179. The smallest absolute Gasteiger partial charge is 0.407 e. The molecule has 2 amide bonds. The van der Waals surface area contributed by atoms with Crippen LogP contribution in [0.3, 0.4) is 0 Å². The Morgan fingerprint density at radius 2 is 1.67 bits per heavy atom. The van der Waals surface area contributed by atoms with E-state index in [1.165, 1.54) is 13.8 Å². The van der Waals surface area contributed by atoms with Crippen LogP contribution in [-0.4, -0.2) is 46.9 Å². The van der Waals surface area contributed by atoms with Gasteiger partial charge in [0.05, 0.1) is 0 Å². The van der Waals surface area contributed by atoms with Gasteiger partial charge in [0.25, 0.3) is 0 Å². The summed E-state index contributed by atoms with van der Waals surface area (Å²) in [4.78, 5) is 34.5. The van der Waals surface area contributed by atoms with E-state index in [9.17, 15) is 19.5 Å². The number of rotatable bonds is 11. The Hall–Kier alpha value is -2.61. The number of hydrogen-bond acceptors (Lipinski definition) is 5. The van der Waals surface area contributed by atoms with Crippen molar-refractivity contribution >= 4 is 18.0 Å². The summed E-state index contributed by atoms with van der Waals surface area (Å²) in [5, 5.41) is 23.5. The molecule has 0 fully saturated rings. The van der Waals surface area contributed by atoms with E-state index in [0.29, 0.717) is 18.7 Å². The second kappa shape index (κ2) is 11.0. The molecule has 8 heteroatoms. The van der Waals surface area contributed by atoms with Gasteiger partial charge < -0.3 is 25.6 Å². The van der Waals surface area contributed by atoms with Crippen LogP contribution in [0.5, 0.6) is 0 Å². The largest absolute Gasteiger partial charge is 0.465 e. The molecule has 0 aliphatic heterocycles. The molecular formula is C22H34N2O6. The third-order valence-corrected chi connectivity index (χ3v) is 4.72. The second-order valence-corrected chi connectivity index (χ2v) is 9.00. The van der Waals surface area contributed by atoms with Crippen molar-refractivity contribution in [2.24, 2.45) is 11.3 Å². The Labute approximate surface area is 178 Å². The highest BCUT2D eigenvalue weighted by Gasteiger charge is 2.25. The van der Waals surface area contributed by atoms with Gasteiger partial charge in [0, 0.05) is 18.7 Å². The van der Waals surface area contributed by atoms with Crippen molar-refractivity contribution in [2.75, 3.05) is 13.1 Å². The molecule has 0 aliphatic carbocycles. The van der Waals surface area contributed by atoms with Crippen molar-refractivity contribution in [3.63, 3.8) is 0 Å². The summed E-state index contributed by atoms with van der Waals surface area (Å²) >= 11 is 0. The average Bonchev–Trinajstić information content (AvgIpc) is 2.63. The first-order valence-corrected chi connectivity index (χ1v) is 10.0. The number of carbonyl (C=O) groups is 3. The lowest BCUT2D eigenvalue weighted by Gasteiger charge is -2.28. The number of Topliss-reactive ketones (excluding diaryl/α,β-unsaturated/α-hetero) is 1. The lowest BCUT2D eigenvalue weighted by Crippen LogP contribution is -2.32. The first-order valence-electron chi connectivity index (χ1n) is 10.0. The number of ether oxygens (including phenoxy) is 1. The van der Waals surface area contributed by atoms with Gasteiger partial charge in [-0.3, -0.25) is 4.79 Å². The molecule has 4 N–H and O–H groups in total. The van der Waals surface area contributed by atoms with Crippen LogP contribution in [0.25, 0.3) is 0 Å². The molecule has 0 spiro atoms. The van der Waals surface area contributed by atoms with Crippen molar-refractivity contribution in [1.29, 1.82) is 0 Å². The van der Waals surface area contributed by atoms with Crippen molar-refractivity contribution in [2.45, 2.75) is 59.7 Å². The summed E-state index contributed by atoms with van der Waals surface area (Å²) < 4.78 is 5.20. The summed E-state index contributed by atoms with van der Waals surface area (Å²) in [5.41, 5.74) is -0.366. The fourth-order valence-electron chi connectivity index (χ4n) is 3.19. The molecule has 0 bridgehead atoms. The Kier molecular flexibility index (Phi) is 9.29. The maximum atomic E-state index is 12.0. The summed E-state index contributed by atoms with van der Waals surface area (Å²) in [6, 6.07) is 6.56. The molecular weight excluding hydrogens is 388 g/mol. The molecule has 0 aromatic heterocycles. The predicted octanol–water partition coefficient (Wildman–Crippen LogP) is 3.58. The second-order valence-electron chi connectivity index (χ2n) is 9.00. The van der Waals surface area contributed by atoms with E-state index >= 15 is 0 Å². The molecule has 30 heavy (non-hydrogen) atoms. The molecule has 0 saturated heterocycles. The van der Waals surface area contributed by atoms with Crippen molar-refractivity contribution in [3.8, 4) is 0 Å². The van der Waals surface area contributed by atoms with Gasteiger partial charge in [-0.05, 0) is 43.6 Å². The number of amides is 2. The number of benzene rings is 1. The van der Waals surface area contributed by atoms with E-state index < -0.39 is 17.8 Å². The highest BCUT2D eigenvalue weighted by Crippen LogP contribution is 2.28. The first kappa shape index (κ1) is 25.4. The van der Waals surface area contributed by atoms with Crippen LogP contribution in [0.4, 0.5) is 9.59 Å². The van der Waals surface area contributed by atoms with Crippen molar-refractivity contribution in [1.82, 2.24) is 10.6 Å². The van der Waals surface area contributed by atoms with Crippen LogP contribution >= 0.6 is 0 Å². The molecule has 168 valence electrons. The minimum absolute atomic E-state index is 0.0598. The minimum atomic E-state index is -1.43. The van der Waals surface area contributed by atoms with E-state index in [2.05, 4.69) is 24.5 Å². The number of carboxylic acid groups (broad SMARTS) is 1. The van der Waals surface area contributed by atoms with E-state index in [-0.39, 0.29) is 23.7 Å². The lowest BCUT2D eigenvalue weighted by molar-refractivity contribution is 0.0488. The molecule has 0 saturated carbocycles. The number of aliphatic hydroxyl groups is 1. The Morgan fingerprint density at radius 1 is 1.07 bits per heavy atom. The van der Waals surface area contributed by atoms with Gasteiger partial charge in [0.2, 0.25) is 0 Å². The highest BCUT2D eigenvalue weighted by atomic mass is 16.5. The number of alkyl carbamates (subject to hydrolysis) is 1. The van der Waals surface area contributed by atoms with Gasteiger partial charge in [-0.25, -0.2) is 9.59 Å². The number of carbonyl (C=O) groups excluding carboxylic acids is 2. The first-order chi connectivity index (χ1) is 13.8. The number of hydrogen-bond donors (Lipinski definition) is 4. The molecule has 0 radical (unpaired) electrons. The Balaban J connectivity index is 2.36. The topological polar surface area (TPSA) is 125 Å². The summed E-state index contributed by atoms with van der Waals surface area (Å²) in [7, 11) is 0. The zero-order valence-corrected chi connectivity index (χ0v) is 18.4. The molecule has 1 aromatic carbocycles. The minimum Gasteiger partial charge on any atom is -0.465 e. The van der Waals surface area contributed by atoms with Gasteiger partial charge in [-0.2, -0.15) is 0 Å². The van der Waals surface area contributed by atoms with Crippen LogP contribution in [0.15, 0.2) is 24.3 Å². The molecule has 1 atom stereocenters. The van der Waals surface area contributed by atoms with Crippen LogP contribution in [-0.2, 0) is 11.3 Å². The van der Waals surface area contributed by atoms with Gasteiger partial charge in [-0.15, -0.1) is 0 Å². The third-order valence-electron chi connectivity index (χ3n) is 4.72. The van der Waals surface area contributed by atoms with E-state index in [1.807, 2.05) is 6.92 Å². The van der Waals surface area contributed by atoms with Gasteiger partial charge in [0.15, 0.2) is 5.78 Å². The van der Waals surface area contributed by atoms with Gasteiger partial charge in [-0.1, -0.05) is 45.0 Å². The molecule has 1 unspecified atom stereocenters. The predicted molar refractivity (Wildman–Crippen MR) is 113 cm³/mol. The average molecular weight is 423 g/mol. The lowest BCUT2D eigenvalue weighted by atomic mass is 9.80. The zero-order chi connectivity index (χ0) is 22.9. The third kappa shape index (κ3) is 9.73. The zero-order valence-electron chi connectivity index (χ0n) is 18.4. The Bertz CT molecular complexity index is 722. The number of nitrogens with one attached hydrogen (secondary N) is 2. The maximum Gasteiger partial charge on any atom is 0.407 e. The summed E-state index contributed by atoms with van der Waals surface area (Å²) in [6.45, 7) is 9.93. The van der Waals surface area contributed by atoms with E-state index in [0.717, 1.165) is 18.4 Å². The normalized spacial score (nSPS) is 12.7. The van der Waals surface area contributed by atoms with Crippen LogP contribution < -0.4 is 10.6 Å². The molecule has 8 nitrogen and oxygen atoms in total. The SMILES string of the molecule is CC(CNC(=O)O)CC(C)(C)CCNC(=O)OCc1ccc(C(=O)C(C)(C)O)cc1. The van der Waals surface area contributed by atoms with E-state index in [1.54, 1.807) is 24.3 Å². The van der Waals surface area contributed by atoms with Crippen molar-refractivity contribution in [3.05, 3.63) is 35.4 Å². The fourth-order valence-corrected chi connectivity index (χ4v) is 3.19. The monoisotopic (exact) mass is 422 g/mol. The van der Waals surface area contributed by atoms with Crippen LogP contribution in [0.2, 0.25) is 0 Å². The maximum absolute atomic E-state index is 12.0. The van der Waals surface area contributed by atoms with Crippen LogP contribution in [0, 0.1) is 11.3 Å². The standard InChI is InChI=1S/C22H34N2O6/c1-15(13-24-19(26)27)12-21(2,3)10-11-23-20(28)30-14-16-6-8-17(9-7-16)18(25)22(4,5)29/h6-9,15,24,29H,10-14H2,1-5H3,(H,23,28)(H,26,27). The quantitative estimate of drug-likeness (QED) is 0.404. The molecule has 0 heterocycles. The molecule has 0 aliphatic rings. The fraction of sp³-hybridized carbons (Fsp3) is 0.591. The van der Waals surface area contributed by atoms with Crippen LogP contribution in [0.1, 0.15) is 63.4 Å². The number of ketones is 1. The van der Waals surface area contributed by atoms with Gasteiger partial charge in [0.1, 0.15) is 12.2 Å². The molecule has 1 aromatic rings. The van der Waals surface area contributed by atoms with Gasteiger partial charge >= 0.3 is 12.2 Å². The molecule has 1 rings (SSSR count). The Morgan fingerprint density at radius 3 is 2.20 bits per heavy atom. The van der Waals surface area contributed by atoms with Crippen molar-refractivity contribution < 1.29 is 29.3 Å². The van der Waals surface area contributed by atoms with E-state index in [4.69, 9.17) is 9.84 Å². The summed E-state index contributed by atoms with van der Waals surface area (Å²) in [5.74, 6) is -0.183.